The van der Waals surface area contributed by atoms with Crippen molar-refractivity contribution in [3.8, 4) is 0 Å². The van der Waals surface area contributed by atoms with Crippen molar-refractivity contribution in [1.82, 2.24) is 10.2 Å². The Morgan fingerprint density at radius 2 is 2.00 bits per heavy atom. The van der Waals surface area contributed by atoms with Crippen molar-refractivity contribution < 1.29 is 14.3 Å². The Kier molecular flexibility index (Phi) is 3.02. The molecule has 2 atom stereocenters. The molecule has 0 aromatic carbocycles. The van der Waals surface area contributed by atoms with Crippen LogP contribution in [0, 0.1) is 5.92 Å². The van der Waals surface area contributed by atoms with Gasteiger partial charge in [0.2, 0.25) is 0 Å². The molecule has 0 radical (unpaired) electrons. The Balaban J connectivity index is 2.12. The first kappa shape index (κ1) is 10.6. The molecule has 1 N–H and O–H groups in total. The highest BCUT2D eigenvalue weighted by Crippen LogP contribution is 2.19. The first-order valence-corrected chi connectivity index (χ1v) is 5.33. The number of nitrogens with one attached hydrogen (secondary N) is 1. The summed E-state index contributed by atoms with van der Waals surface area (Å²) in [6.07, 6.45) is 1.00. The molecule has 2 amide bonds. The van der Waals surface area contributed by atoms with Gasteiger partial charge >= 0.3 is 0 Å². The number of hydrogen-bond donors (Lipinski definition) is 1. The average Bonchev–Trinajstić information content (AvgIpc) is 2.20. The molecule has 0 aromatic rings. The Morgan fingerprint density at radius 3 is 2.60 bits per heavy atom. The van der Waals surface area contributed by atoms with Crippen LogP contribution in [0.2, 0.25) is 0 Å². The molecule has 0 aliphatic carbocycles. The zero-order valence-corrected chi connectivity index (χ0v) is 8.86. The van der Waals surface area contributed by atoms with E-state index >= 15 is 0 Å². The van der Waals surface area contributed by atoms with Gasteiger partial charge in [0.25, 0.3) is 11.8 Å². The number of carbonyl (C=O) groups is 2. The lowest BCUT2D eigenvalue weighted by atomic mass is 9.93. The molecule has 2 saturated heterocycles. The number of imide groups is 1. The summed E-state index contributed by atoms with van der Waals surface area (Å²) in [5.74, 6) is -0.0316. The van der Waals surface area contributed by atoms with Crippen molar-refractivity contribution in [2.24, 2.45) is 5.92 Å². The summed E-state index contributed by atoms with van der Waals surface area (Å²) < 4.78 is 4.89. The SMILES string of the molecule is CC1CCNCC1N1C(=O)COCC1=O. The fourth-order valence-corrected chi connectivity index (χ4v) is 2.19. The zero-order chi connectivity index (χ0) is 10.8. The van der Waals surface area contributed by atoms with Crippen LogP contribution >= 0.6 is 0 Å². The molecule has 5 nitrogen and oxygen atoms in total. The Labute approximate surface area is 88.8 Å². The molecule has 84 valence electrons. The lowest BCUT2D eigenvalue weighted by molar-refractivity contribution is -0.163. The average molecular weight is 212 g/mol. The molecule has 2 fully saturated rings. The highest BCUT2D eigenvalue weighted by atomic mass is 16.5. The Morgan fingerprint density at radius 1 is 1.33 bits per heavy atom. The van der Waals surface area contributed by atoms with Gasteiger partial charge in [-0.3, -0.25) is 14.5 Å². The molecule has 2 rings (SSSR count). The Hall–Kier alpha value is -0.940. The maximum Gasteiger partial charge on any atom is 0.255 e. The molecule has 0 bridgehead atoms. The maximum absolute atomic E-state index is 11.6. The van der Waals surface area contributed by atoms with E-state index < -0.39 is 0 Å². The van der Waals surface area contributed by atoms with E-state index in [4.69, 9.17) is 4.74 Å². The van der Waals surface area contributed by atoms with Gasteiger partial charge in [0.1, 0.15) is 13.2 Å². The van der Waals surface area contributed by atoms with Crippen molar-refractivity contribution in [1.29, 1.82) is 0 Å². The molecular formula is C10H16N2O3. The van der Waals surface area contributed by atoms with Gasteiger partial charge in [0, 0.05) is 6.54 Å². The summed E-state index contributed by atoms with van der Waals surface area (Å²) >= 11 is 0. The van der Waals surface area contributed by atoms with Gasteiger partial charge in [0.05, 0.1) is 6.04 Å². The van der Waals surface area contributed by atoms with Gasteiger partial charge < -0.3 is 10.1 Å². The van der Waals surface area contributed by atoms with Crippen LogP contribution in [0.3, 0.4) is 0 Å². The van der Waals surface area contributed by atoms with Crippen molar-refractivity contribution in [3.63, 3.8) is 0 Å². The van der Waals surface area contributed by atoms with Gasteiger partial charge in [-0.15, -0.1) is 0 Å². The van der Waals surface area contributed by atoms with Crippen LogP contribution in [-0.2, 0) is 14.3 Å². The quantitative estimate of drug-likeness (QED) is 0.588. The maximum atomic E-state index is 11.6. The lowest BCUT2D eigenvalue weighted by Crippen LogP contribution is -2.58. The molecule has 2 unspecified atom stereocenters. The van der Waals surface area contributed by atoms with Gasteiger partial charge in [-0.2, -0.15) is 0 Å². The molecule has 0 aromatic heterocycles. The number of hydrogen-bond acceptors (Lipinski definition) is 4. The number of carbonyl (C=O) groups excluding carboxylic acids is 2. The van der Waals surface area contributed by atoms with Gasteiger partial charge in [-0.25, -0.2) is 0 Å². The van der Waals surface area contributed by atoms with Gasteiger partial charge in [-0.1, -0.05) is 6.92 Å². The van der Waals surface area contributed by atoms with E-state index in [0.29, 0.717) is 12.5 Å². The molecule has 5 heteroatoms. The highest BCUT2D eigenvalue weighted by Gasteiger charge is 2.36. The minimum absolute atomic E-state index is 0.00245. The lowest BCUT2D eigenvalue weighted by Gasteiger charge is -2.39. The summed E-state index contributed by atoms with van der Waals surface area (Å²) in [7, 11) is 0. The number of rotatable bonds is 1. The number of ether oxygens (including phenoxy) is 1. The Bertz CT molecular complexity index is 264. The monoisotopic (exact) mass is 212 g/mol. The van der Waals surface area contributed by atoms with Crippen molar-refractivity contribution in [3.05, 3.63) is 0 Å². The van der Waals surface area contributed by atoms with E-state index in [1.165, 1.54) is 4.90 Å². The van der Waals surface area contributed by atoms with Crippen LogP contribution in [0.25, 0.3) is 0 Å². The zero-order valence-electron chi connectivity index (χ0n) is 8.86. The van der Waals surface area contributed by atoms with Crippen LogP contribution in [0.1, 0.15) is 13.3 Å². The fraction of sp³-hybridized carbons (Fsp3) is 0.800. The number of nitrogens with zero attached hydrogens (tertiary/aromatic N) is 1. The van der Waals surface area contributed by atoms with E-state index in [1.807, 2.05) is 0 Å². The summed E-state index contributed by atoms with van der Waals surface area (Å²) in [6.45, 7) is 3.83. The highest BCUT2D eigenvalue weighted by molar-refractivity contribution is 5.98. The molecule has 2 aliphatic heterocycles. The normalized spacial score (nSPS) is 33.3. The first-order chi connectivity index (χ1) is 7.20. The van der Waals surface area contributed by atoms with Crippen molar-refractivity contribution in [2.45, 2.75) is 19.4 Å². The first-order valence-electron chi connectivity index (χ1n) is 5.33. The van der Waals surface area contributed by atoms with E-state index in [1.54, 1.807) is 0 Å². The number of piperidine rings is 1. The molecule has 0 spiro atoms. The van der Waals surface area contributed by atoms with Crippen LogP contribution in [-0.4, -0.2) is 49.1 Å². The van der Waals surface area contributed by atoms with Crippen LogP contribution in [0.15, 0.2) is 0 Å². The van der Waals surface area contributed by atoms with Crippen molar-refractivity contribution >= 4 is 11.8 Å². The third-order valence-corrected chi connectivity index (χ3v) is 3.11. The molecule has 15 heavy (non-hydrogen) atoms. The van der Waals surface area contributed by atoms with Crippen LogP contribution < -0.4 is 5.32 Å². The van der Waals surface area contributed by atoms with E-state index in [0.717, 1.165) is 13.0 Å². The largest absolute Gasteiger partial charge is 0.362 e. The van der Waals surface area contributed by atoms with Crippen LogP contribution in [0.4, 0.5) is 0 Å². The second kappa shape index (κ2) is 4.28. The summed E-state index contributed by atoms with van der Waals surface area (Å²) in [6, 6.07) is 0.00245. The smallest absolute Gasteiger partial charge is 0.255 e. The predicted molar refractivity (Wildman–Crippen MR) is 53.1 cm³/mol. The van der Waals surface area contributed by atoms with Crippen LogP contribution in [0.5, 0.6) is 0 Å². The molecule has 2 aliphatic rings. The third-order valence-electron chi connectivity index (χ3n) is 3.11. The number of morpholine rings is 1. The van der Waals surface area contributed by atoms with Gasteiger partial charge in [-0.05, 0) is 18.9 Å². The van der Waals surface area contributed by atoms with E-state index in [-0.39, 0.29) is 31.1 Å². The minimum Gasteiger partial charge on any atom is -0.362 e. The van der Waals surface area contributed by atoms with E-state index in [9.17, 15) is 9.59 Å². The second-order valence-corrected chi connectivity index (χ2v) is 4.19. The summed E-state index contributed by atoms with van der Waals surface area (Å²) in [5.41, 5.74) is 0. The second-order valence-electron chi connectivity index (χ2n) is 4.19. The van der Waals surface area contributed by atoms with Crippen molar-refractivity contribution in [2.75, 3.05) is 26.3 Å². The van der Waals surface area contributed by atoms with E-state index in [2.05, 4.69) is 12.2 Å². The summed E-state index contributed by atoms with van der Waals surface area (Å²) in [4.78, 5) is 24.6. The molecular weight excluding hydrogens is 196 g/mol. The molecule has 0 saturated carbocycles. The topological polar surface area (TPSA) is 58.6 Å². The molecule has 2 heterocycles. The minimum atomic E-state index is -0.202. The number of amides is 2. The summed E-state index contributed by atoms with van der Waals surface area (Å²) in [5, 5.41) is 3.22. The third kappa shape index (κ3) is 2.03. The van der Waals surface area contributed by atoms with Gasteiger partial charge in [0.15, 0.2) is 0 Å². The fourth-order valence-electron chi connectivity index (χ4n) is 2.19. The predicted octanol–water partition coefficient (Wildman–Crippen LogP) is -0.630. The standard InChI is InChI=1S/C10H16N2O3/c1-7-2-3-11-4-8(7)12-9(13)5-15-6-10(12)14/h7-8,11H,2-6H2,1H3.